The van der Waals surface area contributed by atoms with Crippen LogP contribution in [0.5, 0.6) is 0 Å². The Labute approximate surface area is 582 Å². The van der Waals surface area contributed by atoms with E-state index in [1.54, 1.807) is 94.5 Å². The van der Waals surface area contributed by atoms with Gasteiger partial charge in [0.15, 0.2) is 0 Å². The molecule has 7 heterocycles. The first-order valence-electron chi connectivity index (χ1n) is 35.1. The third kappa shape index (κ3) is 28.6. The standard InChI is InChI=1S/C21H32S2.2C13H18.C9H8S2.C9H14S.C9H10.2C5H6S/c1-4-6-8-10-12-18-15-20(22-16-18)21-19(14-17(3)23-21)13-11-9-7-5-2;1-2-3-4-6-11-7-5-8-12-9-10-13(11)12;1-2-3-4-5-11-6-7-12-8-9-13(12)10-11;1-7-4-5-9(11-7)8-3-2-6-10-8;1-2-3-4-6-9-7-5-8-10-9;1-7-3-2-4-8-5-6-9(7)8;1-5-2-3-6-4-5;1-5-3-2-4-6-5/h14-16H,4-13H2,1-3H3;5,7-8H,2-4,6,9-10H2,1H3;6-7,10H,2-5,8-9H2,1H3;2-6H,1H3;5,7-8H,2-4,6H2,1H3;2-4H,5-6H2,1H3;2*2-4H,1H3. The van der Waals surface area contributed by atoms with E-state index in [0.29, 0.717) is 0 Å². The quantitative estimate of drug-likeness (QED) is 0.0529. The van der Waals surface area contributed by atoms with E-state index in [0.717, 1.165) is 0 Å². The van der Waals surface area contributed by atoms with Crippen LogP contribution in [0.3, 0.4) is 0 Å². The van der Waals surface area contributed by atoms with Crippen molar-refractivity contribution >= 4 is 79.4 Å². The molecule has 0 aliphatic heterocycles. The van der Waals surface area contributed by atoms with Crippen molar-refractivity contribution in [3.63, 3.8) is 0 Å². The zero-order valence-electron chi connectivity index (χ0n) is 57.7. The third-order valence-corrected chi connectivity index (χ3v) is 23.9. The van der Waals surface area contributed by atoms with Crippen LogP contribution in [0.4, 0.5) is 0 Å². The highest BCUT2D eigenvalue weighted by atomic mass is 32.1. The Morgan fingerprint density at radius 1 is 0.330 bits per heavy atom. The second-order valence-corrected chi connectivity index (χ2v) is 32.3. The first-order chi connectivity index (χ1) is 44.5. The number of benzene rings is 3. The topological polar surface area (TPSA) is 0 Å². The molecule has 91 heavy (non-hydrogen) atoms. The van der Waals surface area contributed by atoms with E-state index in [4.69, 9.17) is 0 Å². The van der Waals surface area contributed by atoms with Crippen molar-refractivity contribution in [1.29, 1.82) is 0 Å². The molecular formula is C84H112S7. The van der Waals surface area contributed by atoms with E-state index < -0.39 is 0 Å². The van der Waals surface area contributed by atoms with Crippen molar-refractivity contribution < 1.29 is 0 Å². The Bertz CT molecular complexity index is 3340. The molecule has 13 rings (SSSR count). The summed E-state index contributed by atoms with van der Waals surface area (Å²) in [5.41, 5.74) is 18.8. The van der Waals surface area contributed by atoms with Crippen molar-refractivity contribution in [3.8, 4) is 19.5 Å². The minimum atomic E-state index is 1.25. The maximum absolute atomic E-state index is 2.46. The number of rotatable bonds is 24. The lowest BCUT2D eigenvalue weighted by atomic mass is 9.83. The second kappa shape index (κ2) is 45.0. The van der Waals surface area contributed by atoms with Crippen LogP contribution in [0, 0.1) is 34.6 Å². The van der Waals surface area contributed by atoms with E-state index in [2.05, 4.69) is 223 Å². The van der Waals surface area contributed by atoms with Crippen LogP contribution in [-0.2, 0) is 70.6 Å². The fourth-order valence-electron chi connectivity index (χ4n) is 11.3. The summed E-state index contributed by atoms with van der Waals surface area (Å²) in [6.07, 6.45) is 37.3. The Hall–Kier alpha value is -4.44. The molecule has 0 unspecified atom stereocenters. The van der Waals surface area contributed by atoms with Gasteiger partial charge in [0.1, 0.15) is 0 Å². The van der Waals surface area contributed by atoms with Gasteiger partial charge < -0.3 is 0 Å². The molecule has 3 aliphatic rings. The minimum Gasteiger partial charge on any atom is -0.152 e. The van der Waals surface area contributed by atoms with Gasteiger partial charge in [-0.15, -0.1) is 68.0 Å². The fraction of sp³-hybridized carbons (Fsp3) is 0.452. The number of unbranched alkanes of at least 4 members (excludes halogenated alkanes) is 12. The molecule has 0 N–H and O–H groups in total. The van der Waals surface area contributed by atoms with Crippen LogP contribution >= 0.6 is 79.4 Å². The van der Waals surface area contributed by atoms with Gasteiger partial charge in [0.25, 0.3) is 0 Å². The van der Waals surface area contributed by atoms with Crippen LogP contribution in [0.2, 0.25) is 0 Å². The van der Waals surface area contributed by atoms with E-state index in [1.807, 2.05) is 45.3 Å². The Morgan fingerprint density at radius 3 is 1.46 bits per heavy atom. The number of thiophene rings is 7. The molecular weight excluding hydrogens is 1230 g/mol. The summed E-state index contributed by atoms with van der Waals surface area (Å²) in [5, 5.41) is 12.9. The summed E-state index contributed by atoms with van der Waals surface area (Å²) in [5.74, 6) is 0. The molecule has 0 saturated carbocycles. The molecule has 0 bridgehead atoms. The highest BCUT2D eigenvalue weighted by Crippen LogP contribution is 2.38. The van der Waals surface area contributed by atoms with Gasteiger partial charge in [-0.25, -0.2) is 0 Å². The third-order valence-electron chi connectivity index (χ3n) is 17.1. The molecule has 3 aromatic carbocycles. The highest BCUT2D eigenvalue weighted by Gasteiger charge is 2.17. The average molecular weight is 1350 g/mol. The molecule has 0 nitrogen and oxygen atoms in total. The molecule has 0 amide bonds. The summed E-state index contributed by atoms with van der Waals surface area (Å²) in [7, 11) is 0. The SMILES string of the molecule is CCCCCCc1csc(-c2sc(C)cc2CCCCCC)c1.CCCCCc1ccc2c(c1)CC2.CCCCCc1cccc2c1CC2.CCCCCc1cccs1.Cc1ccc(-c2cccs2)s1.Cc1cccc2c1CC2.Cc1cccs1.Cc1ccsc1. The molecule has 3 aliphatic carbocycles. The van der Waals surface area contributed by atoms with Gasteiger partial charge in [-0.05, 0) is 285 Å². The molecule has 0 atom stereocenters. The monoisotopic (exact) mass is 1340 g/mol. The fourth-order valence-corrected chi connectivity index (χ4v) is 17.1. The largest absolute Gasteiger partial charge is 0.152 e. The minimum absolute atomic E-state index is 1.25. The predicted molar refractivity (Wildman–Crippen MR) is 419 cm³/mol. The van der Waals surface area contributed by atoms with Gasteiger partial charge in [0, 0.05) is 39.0 Å². The summed E-state index contributed by atoms with van der Waals surface area (Å²) < 4.78 is 0. The van der Waals surface area contributed by atoms with Crippen LogP contribution in [0.1, 0.15) is 230 Å². The lowest BCUT2D eigenvalue weighted by molar-refractivity contribution is 0.667. The van der Waals surface area contributed by atoms with Crippen molar-refractivity contribution in [2.45, 2.75) is 249 Å². The molecule has 0 saturated heterocycles. The summed E-state index contributed by atoms with van der Waals surface area (Å²) in [6.45, 7) is 22.1. The Kier molecular flexibility index (Phi) is 37.4. The van der Waals surface area contributed by atoms with Crippen LogP contribution in [-0.4, -0.2) is 0 Å². The van der Waals surface area contributed by atoms with Crippen LogP contribution in [0.25, 0.3) is 19.5 Å². The maximum atomic E-state index is 2.46. The van der Waals surface area contributed by atoms with Crippen molar-refractivity contribution in [2.24, 2.45) is 0 Å². The van der Waals surface area contributed by atoms with Gasteiger partial charge in [0.2, 0.25) is 0 Å². The summed E-state index contributed by atoms with van der Waals surface area (Å²) in [4.78, 5) is 11.6. The second-order valence-electron chi connectivity index (χ2n) is 24.9. The van der Waals surface area contributed by atoms with Crippen LogP contribution < -0.4 is 0 Å². The van der Waals surface area contributed by atoms with Gasteiger partial charge in [-0.3, -0.25) is 0 Å². The molecule has 10 aromatic rings. The number of hydrogen-bond acceptors (Lipinski definition) is 7. The van der Waals surface area contributed by atoms with Crippen molar-refractivity contribution in [2.75, 3.05) is 0 Å². The zero-order valence-corrected chi connectivity index (χ0v) is 63.4. The van der Waals surface area contributed by atoms with E-state index in [1.165, 1.54) is 225 Å². The Balaban J connectivity index is 0.000000171. The molecule has 7 heteroatoms. The lowest BCUT2D eigenvalue weighted by Crippen LogP contribution is -2.11. The summed E-state index contributed by atoms with van der Waals surface area (Å²) in [6, 6.07) is 44.5. The highest BCUT2D eigenvalue weighted by molar-refractivity contribution is 7.22. The number of hydrogen-bond donors (Lipinski definition) is 0. The predicted octanol–water partition coefficient (Wildman–Crippen LogP) is 28.5. The van der Waals surface area contributed by atoms with E-state index in [9.17, 15) is 0 Å². The van der Waals surface area contributed by atoms with Gasteiger partial charge in [0.05, 0.1) is 0 Å². The molecule has 0 fully saturated rings. The number of fused-ring (bicyclic) bond motifs is 3. The first-order valence-corrected chi connectivity index (χ1v) is 41.2. The van der Waals surface area contributed by atoms with Gasteiger partial charge >= 0.3 is 0 Å². The molecule has 0 radical (unpaired) electrons. The smallest absolute Gasteiger partial charge is 0.0477 e. The lowest BCUT2D eigenvalue weighted by Gasteiger charge is -2.22. The molecule has 490 valence electrons. The Morgan fingerprint density at radius 2 is 0.934 bits per heavy atom. The van der Waals surface area contributed by atoms with Crippen molar-refractivity contribution in [1.82, 2.24) is 0 Å². The first kappa shape index (κ1) is 75.6. The van der Waals surface area contributed by atoms with E-state index >= 15 is 0 Å². The molecule has 0 spiro atoms. The normalized spacial score (nSPS) is 11.7. The van der Waals surface area contributed by atoms with Crippen molar-refractivity contribution in [3.05, 3.63) is 240 Å². The molecule has 7 aromatic heterocycles. The maximum Gasteiger partial charge on any atom is 0.0477 e. The van der Waals surface area contributed by atoms with Gasteiger partial charge in [-0.1, -0.05) is 184 Å². The number of aryl methyl sites for hydroxylation is 14. The van der Waals surface area contributed by atoms with Gasteiger partial charge in [-0.2, -0.15) is 11.3 Å². The van der Waals surface area contributed by atoms with Crippen LogP contribution in [0.15, 0.2) is 154 Å². The average Bonchev–Trinajstić information content (AvgIpc) is 2.16. The zero-order chi connectivity index (χ0) is 64.7. The van der Waals surface area contributed by atoms with E-state index in [-0.39, 0.29) is 0 Å². The summed E-state index contributed by atoms with van der Waals surface area (Å²) >= 11 is 13.0.